The largest absolute Gasteiger partial charge is 0.481 e. The van der Waals surface area contributed by atoms with Crippen molar-refractivity contribution in [3.8, 4) is 5.75 Å². The number of piperazine rings is 1. The zero-order valence-corrected chi connectivity index (χ0v) is 15.5. The molecule has 1 aromatic rings. The summed E-state index contributed by atoms with van der Waals surface area (Å²) in [5, 5.41) is 2.98. The Bertz CT molecular complexity index is 519. The number of carbonyl (C=O) groups is 1. The molecule has 5 heteroatoms. The Morgan fingerprint density at radius 2 is 1.79 bits per heavy atom. The lowest BCUT2D eigenvalue weighted by molar-refractivity contribution is -0.127. The number of carbonyl (C=O) groups excluding carboxylic acids is 1. The van der Waals surface area contributed by atoms with E-state index < -0.39 is 6.10 Å². The van der Waals surface area contributed by atoms with Crippen molar-refractivity contribution in [1.82, 2.24) is 15.1 Å². The van der Waals surface area contributed by atoms with Crippen molar-refractivity contribution in [3.63, 3.8) is 0 Å². The number of hydrogen-bond acceptors (Lipinski definition) is 4. The first kappa shape index (κ1) is 18.7. The summed E-state index contributed by atoms with van der Waals surface area (Å²) < 4.78 is 5.77. The lowest BCUT2D eigenvalue weighted by Crippen LogP contribution is -2.45. The Labute approximate surface area is 146 Å². The summed E-state index contributed by atoms with van der Waals surface area (Å²) in [5.74, 6) is 0.708. The molecule has 1 atom stereocenters. The van der Waals surface area contributed by atoms with E-state index >= 15 is 0 Å². The first-order valence-corrected chi connectivity index (χ1v) is 8.87. The number of hydrogen-bond donors (Lipinski definition) is 1. The highest BCUT2D eigenvalue weighted by Crippen LogP contribution is 2.17. The van der Waals surface area contributed by atoms with Crippen LogP contribution in [-0.4, -0.2) is 68.1 Å². The molecule has 1 saturated heterocycles. The second-order valence-corrected chi connectivity index (χ2v) is 6.87. The monoisotopic (exact) mass is 333 g/mol. The molecule has 134 valence electrons. The average Bonchev–Trinajstić information content (AvgIpc) is 2.52. The smallest absolute Gasteiger partial charge is 0.260 e. The van der Waals surface area contributed by atoms with Crippen molar-refractivity contribution in [2.75, 3.05) is 46.3 Å². The van der Waals surface area contributed by atoms with Crippen molar-refractivity contribution in [2.24, 2.45) is 0 Å². The van der Waals surface area contributed by atoms with Crippen LogP contribution in [0.3, 0.4) is 0 Å². The minimum atomic E-state index is -0.477. The third-order valence-corrected chi connectivity index (χ3v) is 4.42. The van der Waals surface area contributed by atoms with Crippen LogP contribution in [0.1, 0.15) is 24.5 Å². The maximum absolute atomic E-state index is 12.2. The minimum absolute atomic E-state index is 0.0486. The minimum Gasteiger partial charge on any atom is -0.481 e. The summed E-state index contributed by atoms with van der Waals surface area (Å²) in [6.07, 6.45) is 0.501. The van der Waals surface area contributed by atoms with Gasteiger partial charge in [-0.1, -0.05) is 6.07 Å². The molecule has 1 heterocycles. The molecule has 1 aromatic carbocycles. The maximum atomic E-state index is 12.2. The molecule has 1 aliphatic rings. The van der Waals surface area contributed by atoms with Gasteiger partial charge in [-0.15, -0.1) is 0 Å². The molecule has 5 nitrogen and oxygen atoms in total. The molecule has 0 spiro atoms. The van der Waals surface area contributed by atoms with Crippen LogP contribution in [0.2, 0.25) is 0 Å². The van der Waals surface area contributed by atoms with Gasteiger partial charge in [0.25, 0.3) is 5.91 Å². The molecule has 1 fully saturated rings. The highest BCUT2D eigenvalue weighted by molar-refractivity contribution is 5.80. The van der Waals surface area contributed by atoms with Gasteiger partial charge in [0.2, 0.25) is 0 Å². The Morgan fingerprint density at radius 1 is 1.17 bits per heavy atom. The second-order valence-electron chi connectivity index (χ2n) is 6.87. The van der Waals surface area contributed by atoms with E-state index in [1.165, 1.54) is 0 Å². The van der Waals surface area contributed by atoms with E-state index in [1.54, 1.807) is 6.92 Å². The number of aryl methyl sites for hydroxylation is 2. The van der Waals surface area contributed by atoms with Gasteiger partial charge in [-0.05, 0) is 64.0 Å². The molecule has 0 aromatic heterocycles. The second kappa shape index (κ2) is 9.04. The normalized spacial score (nSPS) is 17.5. The van der Waals surface area contributed by atoms with Crippen LogP contribution in [0, 0.1) is 13.8 Å². The third-order valence-electron chi connectivity index (χ3n) is 4.42. The quantitative estimate of drug-likeness (QED) is 0.773. The van der Waals surface area contributed by atoms with Crippen molar-refractivity contribution < 1.29 is 9.53 Å². The van der Waals surface area contributed by atoms with E-state index in [1.807, 2.05) is 26.0 Å². The Balaban J connectivity index is 1.66. The lowest BCUT2D eigenvalue weighted by atomic mass is 10.1. The molecular formula is C19H31N3O2. The number of ether oxygens (including phenoxy) is 1. The summed E-state index contributed by atoms with van der Waals surface area (Å²) in [6, 6.07) is 6.02. The van der Waals surface area contributed by atoms with Gasteiger partial charge in [0.05, 0.1) is 0 Å². The van der Waals surface area contributed by atoms with Crippen LogP contribution in [0.15, 0.2) is 18.2 Å². The molecule has 2 rings (SSSR count). The first-order chi connectivity index (χ1) is 11.4. The number of benzene rings is 1. The fourth-order valence-electron chi connectivity index (χ4n) is 2.99. The van der Waals surface area contributed by atoms with Crippen molar-refractivity contribution >= 4 is 5.91 Å². The topological polar surface area (TPSA) is 44.8 Å². The number of likely N-dealkylation sites (N-methyl/N-ethyl adjacent to an activating group) is 1. The first-order valence-electron chi connectivity index (χ1n) is 8.87. The predicted octanol–water partition coefficient (Wildman–Crippen LogP) is 1.82. The lowest BCUT2D eigenvalue weighted by Gasteiger charge is -2.32. The highest BCUT2D eigenvalue weighted by atomic mass is 16.5. The van der Waals surface area contributed by atoms with E-state index in [2.05, 4.69) is 28.2 Å². The molecule has 0 unspecified atom stereocenters. The van der Waals surface area contributed by atoms with Crippen LogP contribution >= 0.6 is 0 Å². The third kappa shape index (κ3) is 6.13. The molecule has 0 saturated carbocycles. The number of nitrogens with zero attached hydrogens (tertiary/aromatic N) is 2. The standard InChI is InChI=1S/C19H31N3O2/c1-15-12-16(2)14-18(13-15)24-17(3)19(23)20-6-5-7-22-10-8-21(4)9-11-22/h12-14,17H,5-11H2,1-4H3,(H,20,23)/t17-/m1/s1. The van der Waals surface area contributed by atoms with Crippen LogP contribution in [-0.2, 0) is 4.79 Å². The summed E-state index contributed by atoms with van der Waals surface area (Å²) in [4.78, 5) is 17.0. The number of nitrogens with one attached hydrogen (secondary N) is 1. The van der Waals surface area contributed by atoms with E-state index in [-0.39, 0.29) is 5.91 Å². The summed E-state index contributed by atoms with van der Waals surface area (Å²) in [5.41, 5.74) is 2.29. The summed E-state index contributed by atoms with van der Waals surface area (Å²) in [7, 11) is 2.16. The number of rotatable bonds is 7. The van der Waals surface area contributed by atoms with Gasteiger partial charge in [0.15, 0.2) is 6.10 Å². The van der Waals surface area contributed by atoms with Crippen LogP contribution < -0.4 is 10.1 Å². The van der Waals surface area contributed by atoms with E-state index in [0.29, 0.717) is 6.54 Å². The predicted molar refractivity (Wildman–Crippen MR) is 97.6 cm³/mol. The Hall–Kier alpha value is -1.59. The van der Waals surface area contributed by atoms with Crippen LogP contribution in [0.5, 0.6) is 5.75 Å². The molecule has 0 aliphatic carbocycles. The fraction of sp³-hybridized carbons (Fsp3) is 0.632. The molecule has 1 amide bonds. The molecule has 1 aliphatic heterocycles. The molecule has 0 radical (unpaired) electrons. The van der Waals surface area contributed by atoms with Gasteiger partial charge < -0.3 is 19.9 Å². The SMILES string of the molecule is Cc1cc(C)cc(O[C@H](C)C(=O)NCCCN2CCN(C)CC2)c1. The van der Waals surface area contributed by atoms with E-state index in [0.717, 1.165) is 56.0 Å². The molecule has 24 heavy (non-hydrogen) atoms. The fourth-order valence-corrected chi connectivity index (χ4v) is 2.99. The summed E-state index contributed by atoms with van der Waals surface area (Å²) >= 11 is 0. The van der Waals surface area contributed by atoms with Crippen molar-refractivity contribution in [3.05, 3.63) is 29.3 Å². The van der Waals surface area contributed by atoms with Crippen molar-refractivity contribution in [1.29, 1.82) is 0 Å². The van der Waals surface area contributed by atoms with Crippen LogP contribution in [0.4, 0.5) is 0 Å². The maximum Gasteiger partial charge on any atom is 0.260 e. The van der Waals surface area contributed by atoms with Crippen molar-refractivity contribution in [2.45, 2.75) is 33.3 Å². The van der Waals surface area contributed by atoms with Crippen LogP contribution in [0.25, 0.3) is 0 Å². The molecule has 0 bridgehead atoms. The number of amides is 1. The van der Waals surface area contributed by atoms with E-state index in [4.69, 9.17) is 4.74 Å². The zero-order chi connectivity index (χ0) is 17.5. The molecule has 1 N–H and O–H groups in total. The van der Waals surface area contributed by atoms with Gasteiger partial charge >= 0.3 is 0 Å². The van der Waals surface area contributed by atoms with Gasteiger partial charge in [0, 0.05) is 32.7 Å². The van der Waals surface area contributed by atoms with Gasteiger partial charge in [0.1, 0.15) is 5.75 Å². The van der Waals surface area contributed by atoms with Gasteiger partial charge in [-0.3, -0.25) is 4.79 Å². The van der Waals surface area contributed by atoms with E-state index in [9.17, 15) is 4.79 Å². The zero-order valence-electron chi connectivity index (χ0n) is 15.5. The Kier molecular flexibility index (Phi) is 7.06. The van der Waals surface area contributed by atoms with Gasteiger partial charge in [-0.25, -0.2) is 0 Å². The summed E-state index contributed by atoms with van der Waals surface area (Å²) in [6.45, 7) is 12.1. The van der Waals surface area contributed by atoms with Gasteiger partial charge in [-0.2, -0.15) is 0 Å². The highest BCUT2D eigenvalue weighted by Gasteiger charge is 2.16. The molecular weight excluding hydrogens is 302 g/mol. The Morgan fingerprint density at radius 3 is 2.42 bits per heavy atom. The average molecular weight is 333 g/mol.